The highest BCUT2D eigenvalue weighted by Gasteiger charge is 2.63. The van der Waals surface area contributed by atoms with E-state index in [9.17, 15) is 14.4 Å². The Morgan fingerprint density at radius 1 is 1.20 bits per heavy atom. The molecule has 0 aromatic rings. The van der Waals surface area contributed by atoms with Crippen LogP contribution in [0.1, 0.15) is 33.6 Å². The van der Waals surface area contributed by atoms with E-state index in [-0.39, 0.29) is 12.3 Å². The first-order chi connectivity index (χ1) is 9.14. The van der Waals surface area contributed by atoms with Gasteiger partial charge in [0.05, 0.1) is 20.6 Å². The van der Waals surface area contributed by atoms with Gasteiger partial charge in [-0.15, -0.1) is 0 Å². The Morgan fingerprint density at radius 3 is 2.25 bits per heavy atom. The fourth-order valence-corrected chi connectivity index (χ4v) is 1.98. The molecule has 2 atom stereocenters. The lowest BCUT2D eigenvalue weighted by molar-refractivity contribution is -0.145. The quantitative estimate of drug-likeness (QED) is 0.613. The third-order valence-electron chi connectivity index (χ3n) is 3.02. The van der Waals surface area contributed by atoms with Crippen LogP contribution in [0.15, 0.2) is 0 Å². The van der Waals surface area contributed by atoms with Crippen molar-refractivity contribution in [2.75, 3.05) is 14.2 Å². The van der Waals surface area contributed by atoms with Crippen molar-refractivity contribution in [1.82, 2.24) is 5.32 Å². The minimum absolute atomic E-state index is 0.0431. The van der Waals surface area contributed by atoms with Crippen molar-refractivity contribution in [3.05, 3.63) is 0 Å². The normalized spacial score (nSPS) is 24.6. The third kappa shape index (κ3) is 3.85. The molecule has 0 heterocycles. The third-order valence-corrected chi connectivity index (χ3v) is 3.02. The largest absolute Gasteiger partial charge is 0.469 e. The molecule has 0 radical (unpaired) electrons. The molecule has 1 N–H and O–H groups in total. The second-order valence-corrected chi connectivity index (χ2v) is 5.77. The molecule has 1 aliphatic rings. The zero-order valence-electron chi connectivity index (χ0n) is 12.4. The number of hydrogen-bond acceptors (Lipinski definition) is 6. The lowest BCUT2D eigenvalue weighted by atomic mass is 10.1. The van der Waals surface area contributed by atoms with Gasteiger partial charge in [0.1, 0.15) is 11.1 Å². The van der Waals surface area contributed by atoms with E-state index in [0.717, 1.165) is 0 Å². The fourth-order valence-electron chi connectivity index (χ4n) is 1.98. The van der Waals surface area contributed by atoms with Gasteiger partial charge in [-0.1, -0.05) is 0 Å². The van der Waals surface area contributed by atoms with Crippen LogP contribution >= 0.6 is 0 Å². The van der Waals surface area contributed by atoms with Crippen LogP contribution in [-0.2, 0) is 23.8 Å². The summed E-state index contributed by atoms with van der Waals surface area (Å²) in [6, 6.07) is 0. The highest BCUT2D eigenvalue weighted by molar-refractivity contribution is 5.90. The summed E-state index contributed by atoms with van der Waals surface area (Å²) in [6.07, 6.45) is -0.342. The van der Waals surface area contributed by atoms with Crippen molar-refractivity contribution < 1.29 is 28.6 Å². The fraction of sp³-hybridized carbons (Fsp3) is 0.769. The van der Waals surface area contributed by atoms with Crippen LogP contribution < -0.4 is 5.32 Å². The van der Waals surface area contributed by atoms with Gasteiger partial charge in [0.25, 0.3) is 0 Å². The second kappa shape index (κ2) is 5.68. The molecule has 0 aromatic carbocycles. The van der Waals surface area contributed by atoms with Gasteiger partial charge in [-0.25, -0.2) is 9.59 Å². The Morgan fingerprint density at radius 2 is 1.80 bits per heavy atom. The lowest BCUT2D eigenvalue weighted by Crippen LogP contribution is -2.47. The van der Waals surface area contributed by atoms with Crippen LogP contribution in [0.5, 0.6) is 0 Å². The van der Waals surface area contributed by atoms with E-state index in [1.165, 1.54) is 14.2 Å². The average Bonchev–Trinajstić information content (AvgIpc) is 2.99. The molecule has 1 amide bonds. The number of amides is 1. The van der Waals surface area contributed by atoms with Gasteiger partial charge in [0.15, 0.2) is 0 Å². The van der Waals surface area contributed by atoms with E-state index < -0.39 is 29.2 Å². The molecule has 0 aromatic heterocycles. The number of rotatable bonds is 4. The smallest absolute Gasteiger partial charge is 0.408 e. The molecule has 0 aliphatic heterocycles. The summed E-state index contributed by atoms with van der Waals surface area (Å²) in [4.78, 5) is 34.9. The van der Waals surface area contributed by atoms with Gasteiger partial charge >= 0.3 is 18.0 Å². The standard InChI is InChI=1S/C13H21NO6/c1-12(2,3)20-11(17)14-13(10(16)19-5)7-8(13)6-9(15)18-4/h8H,6-7H2,1-5H3,(H,14,17)/t8-,13+/m0/s1. The van der Waals surface area contributed by atoms with Gasteiger partial charge in [0, 0.05) is 5.92 Å². The van der Waals surface area contributed by atoms with Crippen molar-refractivity contribution in [2.45, 2.75) is 44.8 Å². The zero-order chi connectivity index (χ0) is 15.6. The number of carbonyl (C=O) groups is 3. The number of hydrogen-bond donors (Lipinski definition) is 1. The summed E-state index contributed by atoms with van der Waals surface area (Å²) in [5.74, 6) is -1.36. The molecule has 7 nitrogen and oxygen atoms in total. The summed E-state index contributed by atoms with van der Waals surface area (Å²) >= 11 is 0. The molecule has 1 fully saturated rings. The predicted octanol–water partition coefficient (Wildman–Crippen LogP) is 1.01. The summed E-state index contributed by atoms with van der Waals surface area (Å²) in [6.45, 7) is 5.16. The van der Waals surface area contributed by atoms with Gasteiger partial charge in [-0.3, -0.25) is 4.79 Å². The van der Waals surface area contributed by atoms with E-state index in [1.807, 2.05) is 0 Å². The summed E-state index contributed by atoms with van der Waals surface area (Å²) in [7, 11) is 2.50. The molecule has 20 heavy (non-hydrogen) atoms. The first-order valence-electron chi connectivity index (χ1n) is 6.31. The molecular formula is C13H21NO6. The Kier molecular flexibility index (Phi) is 4.62. The molecule has 7 heteroatoms. The van der Waals surface area contributed by atoms with Gasteiger partial charge in [0.2, 0.25) is 0 Å². The van der Waals surface area contributed by atoms with Crippen LogP contribution in [0.4, 0.5) is 4.79 Å². The Balaban J connectivity index is 2.71. The van der Waals surface area contributed by atoms with Gasteiger partial charge < -0.3 is 19.5 Å². The van der Waals surface area contributed by atoms with E-state index in [4.69, 9.17) is 9.47 Å². The maximum atomic E-state index is 11.8. The minimum Gasteiger partial charge on any atom is -0.469 e. The van der Waals surface area contributed by atoms with E-state index in [2.05, 4.69) is 10.1 Å². The van der Waals surface area contributed by atoms with Gasteiger partial charge in [-0.05, 0) is 27.2 Å². The number of alkyl carbamates (subject to hydrolysis) is 1. The van der Waals surface area contributed by atoms with Crippen LogP contribution in [0.3, 0.4) is 0 Å². The number of carbonyl (C=O) groups excluding carboxylic acids is 3. The highest BCUT2D eigenvalue weighted by Crippen LogP contribution is 2.47. The molecule has 0 spiro atoms. The van der Waals surface area contributed by atoms with Crippen LogP contribution in [0, 0.1) is 5.92 Å². The number of esters is 2. The predicted molar refractivity (Wildman–Crippen MR) is 68.9 cm³/mol. The van der Waals surface area contributed by atoms with Crippen molar-refractivity contribution in [2.24, 2.45) is 5.92 Å². The molecule has 0 saturated heterocycles. The molecule has 0 bridgehead atoms. The molecule has 114 valence electrons. The van der Waals surface area contributed by atoms with Crippen molar-refractivity contribution >= 4 is 18.0 Å². The molecule has 0 unspecified atom stereocenters. The maximum absolute atomic E-state index is 11.8. The zero-order valence-corrected chi connectivity index (χ0v) is 12.4. The van der Waals surface area contributed by atoms with E-state index in [0.29, 0.717) is 6.42 Å². The molecule has 1 saturated carbocycles. The second-order valence-electron chi connectivity index (χ2n) is 5.77. The number of nitrogens with one attached hydrogen (secondary N) is 1. The van der Waals surface area contributed by atoms with Crippen molar-refractivity contribution in [3.63, 3.8) is 0 Å². The van der Waals surface area contributed by atoms with E-state index in [1.54, 1.807) is 20.8 Å². The minimum atomic E-state index is -1.19. The van der Waals surface area contributed by atoms with E-state index >= 15 is 0 Å². The molecule has 1 rings (SSSR count). The average molecular weight is 287 g/mol. The first kappa shape index (κ1) is 16.3. The monoisotopic (exact) mass is 287 g/mol. The number of methoxy groups -OCH3 is 2. The Bertz CT molecular complexity index is 414. The van der Waals surface area contributed by atoms with Crippen LogP contribution in [0.25, 0.3) is 0 Å². The Labute approximate surface area is 117 Å². The number of ether oxygens (including phenoxy) is 3. The summed E-state index contributed by atoms with van der Waals surface area (Å²) in [5.41, 5.74) is -1.86. The Hall–Kier alpha value is -1.79. The first-order valence-corrected chi connectivity index (χ1v) is 6.31. The topological polar surface area (TPSA) is 90.9 Å². The van der Waals surface area contributed by atoms with Crippen LogP contribution in [0.2, 0.25) is 0 Å². The highest BCUT2D eigenvalue weighted by atomic mass is 16.6. The summed E-state index contributed by atoms with van der Waals surface area (Å²) in [5, 5.41) is 2.51. The van der Waals surface area contributed by atoms with Gasteiger partial charge in [-0.2, -0.15) is 0 Å². The SMILES string of the molecule is COC(=O)C[C@H]1C[C@]1(NC(=O)OC(C)(C)C)C(=O)OC. The van der Waals surface area contributed by atoms with Crippen molar-refractivity contribution in [1.29, 1.82) is 0 Å². The molecule has 1 aliphatic carbocycles. The molecular weight excluding hydrogens is 266 g/mol. The van der Waals surface area contributed by atoms with Crippen molar-refractivity contribution in [3.8, 4) is 0 Å². The maximum Gasteiger partial charge on any atom is 0.408 e. The lowest BCUT2D eigenvalue weighted by Gasteiger charge is -2.23. The summed E-state index contributed by atoms with van der Waals surface area (Å²) < 4.78 is 14.4. The van der Waals surface area contributed by atoms with Crippen LogP contribution in [-0.4, -0.2) is 43.4 Å².